The van der Waals surface area contributed by atoms with Crippen LogP contribution in [-0.4, -0.2) is 30.6 Å². The molecule has 1 aromatic rings. The lowest BCUT2D eigenvalue weighted by molar-refractivity contribution is -0.154. The molecule has 23 heavy (non-hydrogen) atoms. The number of nitrogens with two attached hydrogens (primary N) is 1. The molecule has 0 heterocycles. The van der Waals surface area contributed by atoms with Crippen molar-refractivity contribution < 1.29 is 23.9 Å². The van der Waals surface area contributed by atoms with E-state index in [-0.39, 0.29) is 6.42 Å². The lowest BCUT2D eigenvalue weighted by atomic mass is 10.2. The maximum absolute atomic E-state index is 11.6. The zero-order valence-electron chi connectivity index (χ0n) is 12.9. The third-order valence-electron chi connectivity index (χ3n) is 2.84. The second-order valence-electron chi connectivity index (χ2n) is 4.85. The van der Waals surface area contributed by atoms with E-state index in [1.165, 1.54) is 6.92 Å². The van der Waals surface area contributed by atoms with Gasteiger partial charge in [0.05, 0.1) is 6.61 Å². The molecule has 0 aliphatic heterocycles. The van der Waals surface area contributed by atoms with Crippen LogP contribution >= 0.6 is 11.6 Å². The first kappa shape index (κ1) is 18.8. The molecule has 8 heteroatoms. The fourth-order valence-corrected chi connectivity index (χ4v) is 1.93. The quantitative estimate of drug-likeness (QED) is 0.581. The molecule has 7 nitrogen and oxygen atoms in total. The average molecular weight is 343 g/mol. The second kappa shape index (κ2) is 8.99. The minimum Gasteiger partial charge on any atom is -0.493 e. The maximum atomic E-state index is 11.6. The Morgan fingerprint density at radius 2 is 2.04 bits per heavy atom. The van der Waals surface area contributed by atoms with Gasteiger partial charge in [0.15, 0.2) is 6.10 Å². The largest absolute Gasteiger partial charge is 0.493 e. The highest BCUT2D eigenvalue weighted by Crippen LogP contribution is 2.21. The summed E-state index contributed by atoms with van der Waals surface area (Å²) < 4.78 is 10.4. The van der Waals surface area contributed by atoms with Crippen molar-refractivity contribution in [3.8, 4) is 5.75 Å². The van der Waals surface area contributed by atoms with E-state index in [0.717, 1.165) is 5.56 Å². The number of amides is 3. The first-order chi connectivity index (χ1) is 10.8. The summed E-state index contributed by atoms with van der Waals surface area (Å²) in [4.78, 5) is 33.4. The van der Waals surface area contributed by atoms with E-state index in [2.05, 4.69) is 0 Å². The molecule has 126 valence electrons. The van der Waals surface area contributed by atoms with Crippen molar-refractivity contribution in [2.45, 2.75) is 32.8 Å². The topological polar surface area (TPSA) is 108 Å². The van der Waals surface area contributed by atoms with Gasteiger partial charge in [-0.2, -0.15) is 0 Å². The highest BCUT2D eigenvalue weighted by Gasteiger charge is 2.18. The van der Waals surface area contributed by atoms with E-state index in [1.807, 2.05) is 12.2 Å². The Morgan fingerprint density at radius 1 is 1.35 bits per heavy atom. The molecule has 1 rings (SSSR count). The number of urea groups is 1. The van der Waals surface area contributed by atoms with E-state index >= 15 is 0 Å². The molecule has 3 N–H and O–H groups in total. The van der Waals surface area contributed by atoms with E-state index in [0.29, 0.717) is 23.8 Å². The molecular formula is C15H19ClN2O5. The monoisotopic (exact) mass is 342 g/mol. The average Bonchev–Trinajstić information content (AvgIpc) is 2.44. The minimum atomic E-state index is -1.09. The second-order valence-corrected chi connectivity index (χ2v) is 5.28. The minimum absolute atomic E-state index is 0.0842. The van der Waals surface area contributed by atoms with Gasteiger partial charge in [-0.15, -0.1) is 0 Å². The lowest BCUT2D eigenvalue weighted by Gasteiger charge is -2.12. The van der Waals surface area contributed by atoms with Gasteiger partial charge in [-0.1, -0.05) is 11.6 Å². The summed E-state index contributed by atoms with van der Waals surface area (Å²) in [5, 5.41) is 2.46. The van der Waals surface area contributed by atoms with E-state index in [4.69, 9.17) is 26.8 Å². The number of hydrogen-bond acceptors (Lipinski definition) is 5. The van der Waals surface area contributed by atoms with Gasteiger partial charge in [-0.3, -0.25) is 14.9 Å². The summed E-state index contributed by atoms with van der Waals surface area (Å²) in [6, 6.07) is 4.26. The van der Waals surface area contributed by atoms with Crippen molar-refractivity contribution in [2.75, 3.05) is 6.61 Å². The number of imide groups is 1. The molecule has 0 spiro atoms. The first-order valence-corrected chi connectivity index (χ1v) is 7.36. The summed E-state index contributed by atoms with van der Waals surface area (Å²) in [5.41, 5.74) is 5.70. The van der Waals surface area contributed by atoms with Crippen LogP contribution in [-0.2, 0) is 14.3 Å². The van der Waals surface area contributed by atoms with Crippen molar-refractivity contribution in [1.29, 1.82) is 0 Å². The SMILES string of the molecule is Cc1cc(Cl)ccc1OCCCC(=O)OC(C)C(=O)NC(N)=O. The standard InChI is InChI=1S/C15H19ClN2O5/c1-9-8-11(16)5-6-12(9)22-7-3-4-13(19)23-10(2)14(20)18-15(17)21/h5-6,8,10H,3-4,7H2,1-2H3,(H3,17,18,20,21). The van der Waals surface area contributed by atoms with Crippen LogP contribution < -0.4 is 15.8 Å². The molecule has 0 fully saturated rings. The van der Waals surface area contributed by atoms with Crippen molar-refractivity contribution in [1.82, 2.24) is 5.32 Å². The number of esters is 1. The number of benzene rings is 1. The van der Waals surface area contributed by atoms with Crippen LogP contribution in [0.3, 0.4) is 0 Å². The number of primary amides is 1. The highest BCUT2D eigenvalue weighted by atomic mass is 35.5. The maximum Gasteiger partial charge on any atom is 0.318 e. The molecule has 0 aliphatic rings. The molecule has 3 amide bonds. The number of hydrogen-bond donors (Lipinski definition) is 2. The Hall–Kier alpha value is -2.28. The number of nitrogens with one attached hydrogen (secondary N) is 1. The molecular weight excluding hydrogens is 324 g/mol. The van der Waals surface area contributed by atoms with Gasteiger partial charge in [-0.05, 0) is 44.0 Å². The number of aryl methyl sites for hydroxylation is 1. The van der Waals surface area contributed by atoms with Gasteiger partial charge < -0.3 is 15.2 Å². The zero-order chi connectivity index (χ0) is 17.4. The van der Waals surface area contributed by atoms with Gasteiger partial charge >= 0.3 is 12.0 Å². The van der Waals surface area contributed by atoms with Crippen LogP contribution in [0.4, 0.5) is 4.79 Å². The summed E-state index contributed by atoms with van der Waals surface area (Å²) >= 11 is 5.85. The van der Waals surface area contributed by atoms with Crippen LogP contribution in [0, 0.1) is 6.92 Å². The van der Waals surface area contributed by atoms with Crippen molar-refractivity contribution in [2.24, 2.45) is 5.73 Å². The predicted molar refractivity (Wildman–Crippen MR) is 84.2 cm³/mol. The van der Waals surface area contributed by atoms with Gasteiger partial charge in [0.25, 0.3) is 5.91 Å². The highest BCUT2D eigenvalue weighted by molar-refractivity contribution is 6.30. The summed E-state index contributed by atoms with van der Waals surface area (Å²) in [6.07, 6.45) is -0.583. The number of carbonyl (C=O) groups is 3. The van der Waals surface area contributed by atoms with Crippen LogP contribution in [0.2, 0.25) is 5.02 Å². The Labute approximate surface area is 139 Å². The van der Waals surface area contributed by atoms with E-state index < -0.39 is 24.0 Å². The Morgan fingerprint density at radius 3 is 2.65 bits per heavy atom. The van der Waals surface area contributed by atoms with Crippen LogP contribution in [0.25, 0.3) is 0 Å². The Balaban J connectivity index is 2.28. The number of carbonyl (C=O) groups excluding carboxylic acids is 3. The number of rotatable bonds is 7. The first-order valence-electron chi connectivity index (χ1n) is 6.98. The van der Waals surface area contributed by atoms with Crippen molar-refractivity contribution >= 4 is 29.5 Å². The third-order valence-corrected chi connectivity index (χ3v) is 3.08. The van der Waals surface area contributed by atoms with E-state index in [1.54, 1.807) is 18.2 Å². The Bertz CT molecular complexity index is 591. The van der Waals surface area contributed by atoms with Gasteiger partial charge in [0, 0.05) is 11.4 Å². The molecule has 0 radical (unpaired) electrons. The number of ether oxygens (including phenoxy) is 2. The fourth-order valence-electron chi connectivity index (χ4n) is 1.71. The molecule has 0 aromatic heterocycles. The van der Waals surface area contributed by atoms with Crippen LogP contribution in [0.1, 0.15) is 25.3 Å². The lowest BCUT2D eigenvalue weighted by Crippen LogP contribution is -2.42. The van der Waals surface area contributed by atoms with Gasteiger partial charge in [0.2, 0.25) is 0 Å². The molecule has 0 bridgehead atoms. The summed E-state index contributed by atoms with van der Waals surface area (Å²) in [5.74, 6) is -0.635. The summed E-state index contributed by atoms with van der Waals surface area (Å²) in [7, 11) is 0. The smallest absolute Gasteiger partial charge is 0.318 e. The summed E-state index contributed by atoms with van der Waals surface area (Å²) in [6.45, 7) is 3.54. The van der Waals surface area contributed by atoms with Crippen LogP contribution in [0.5, 0.6) is 5.75 Å². The van der Waals surface area contributed by atoms with Gasteiger partial charge in [0.1, 0.15) is 5.75 Å². The normalized spacial score (nSPS) is 11.4. The molecule has 0 aliphatic carbocycles. The number of halogens is 1. The van der Waals surface area contributed by atoms with Crippen LogP contribution in [0.15, 0.2) is 18.2 Å². The molecule has 1 aromatic carbocycles. The third kappa shape index (κ3) is 7.01. The van der Waals surface area contributed by atoms with Crippen molar-refractivity contribution in [3.63, 3.8) is 0 Å². The fraction of sp³-hybridized carbons (Fsp3) is 0.400. The zero-order valence-corrected chi connectivity index (χ0v) is 13.7. The van der Waals surface area contributed by atoms with Crippen molar-refractivity contribution in [3.05, 3.63) is 28.8 Å². The molecule has 0 saturated heterocycles. The molecule has 1 unspecified atom stereocenters. The molecule has 1 atom stereocenters. The van der Waals surface area contributed by atoms with E-state index in [9.17, 15) is 14.4 Å². The molecule has 0 saturated carbocycles. The van der Waals surface area contributed by atoms with Gasteiger partial charge in [-0.25, -0.2) is 4.79 Å². The Kier molecular flexibility index (Phi) is 7.34. The predicted octanol–water partition coefficient (Wildman–Crippen LogP) is 1.93.